The minimum Gasteiger partial charge on any atom is -0.516 e. The molecule has 0 amide bonds. The van der Waals surface area contributed by atoms with E-state index >= 15 is 0 Å². The summed E-state index contributed by atoms with van der Waals surface area (Å²) in [5.41, 5.74) is 0. The first-order chi connectivity index (χ1) is 6.91. The van der Waals surface area contributed by atoms with Crippen LogP contribution < -0.4 is 0 Å². The molecule has 1 nitrogen and oxygen atoms in total. The summed E-state index contributed by atoms with van der Waals surface area (Å²) in [5, 5.41) is 8.36. The van der Waals surface area contributed by atoms with Gasteiger partial charge in [-0.25, -0.2) is 0 Å². The molecule has 1 N–H and O–H groups in total. The second-order valence-electron chi connectivity index (χ2n) is 3.68. The van der Waals surface area contributed by atoms with Gasteiger partial charge in [0.1, 0.15) is 0 Å². The maximum atomic E-state index is 8.36. The number of aliphatic hydroxyl groups is 1. The summed E-state index contributed by atoms with van der Waals surface area (Å²) in [7, 11) is 0. The van der Waals surface area contributed by atoms with Crippen LogP contribution in [-0.4, -0.2) is 5.11 Å². The van der Waals surface area contributed by atoms with Gasteiger partial charge in [0.05, 0.1) is 6.26 Å². The van der Waals surface area contributed by atoms with E-state index in [1.165, 1.54) is 44.9 Å². The summed E-state index contributed by atoms with van der Waals surface area (Å²) < 4.78 is 0. The van der Waals surface area contributed by atoms with Gasteiger partial charge in [-0.2, -0.15) is 0 Å². The Kier molecular flexibility index (Phi) is 11.6. The lowest BCUT2D eigenvalue weighted by Gasteiger charge is -1.98. The van der Waals surface area contributed by atoms with Crippen LogP contribution in [0.1, 0.15) is 58.3 Å². The zero-order valence-electron chi connectivity index (χ0n) is 9.41. The predicted octanol–water partition coefficient (Wildman–Crippen LogP) is 4.76. The Morgan fingerprint density at radius 2 is 1.50 bits per heavy atom. The second-order valence-corrected chi connectivity index (χ2v) is 3.68. The first kappa shape index (κ1) is 13.3. The van der Waals surface area contributed by atoms with Crippen molar-refractivity contribution >= 4 is 0 Å². The summed E-state index contributed by atoms with van der Waals surface area (Å²) in [6.45, 7) is 2.25. The first-order valence-corrected chi connectivity index (χ1v) is 5.87. The topological polar surface area (TPSA) is 20.2 Å². The van der Waals surface area contributed by atoms with Gasteiger partial charge in [-0.3, -0.25) is 0 Å². The van der Waals surface area contributed by atoms with Crippen molar-refractivity contribution in [1.29, 1.82) is 0 Å². The number of unbranched alkanes of at least 4 members (excludes halogenated alkanes) is 7. The van der Waals surface area contributed by atoms with E-state index in [2.05, 4.69) is 13.0 Å². The smallest absolute Gasteiger partial charge is 0.0791 e. The van der Waals surface area contributed by atoms with Gasteiger partial charge in [-0.15, -0.1) is 0 Å². The van der Waals surface area contributed by atoms with Crippen LogP contribution in [0.5, 0.6) is 0 Å². The summed E-state index contributed by atoms with van der Waals surface area (Å²) in [4.78, 5) is 0. The van der Waals surface area contributed by atoms with Crippen molar-refractivity contribution in [3.63, 3.8) is 0 Å². The fourth-order valence-electron chi connectivity index (χ4n) is 1.44. The molecule has 0 fully saturated rings. The van der Waals surface area contributed by atoms with Crippen molar-refractivity contribution in [2.24, 2.45) is 0 Å². The summed E-state index contributed by atoms with van der Waals surface area (Å²) in [5.74, 6) is 0. The SMILES string of the molecule is CCCCCCCCC/C=C/C=CO. The average Bonchev–Trinajstić information content (AvgIpc) is 2.21. The third kappa shape index (κ3) is 11.3. The van der Waals surface area contributed by atoms with Gasteiger partial charge in [-0.1, -0.05) is 57.6 Å². The molecule has 1 heteroatoms. The van der Waals surface area contributed by atoms with Crippen molar-refractivity contribution in [3.8, 4) is 0 Å². The van der Waals surface area contributed by atoms with Crippen LogP contribution in [0.3, 0.4) is 0 Å². The highest BCUT2D eigenvalue weighted by Crippen LogP contribution is 2.08. The van der Waals surface area contributed by atoms with Crippen molar-refractivity contribution in [2.45, 2.75) is 58.3 Å². The molecule has 0 unspecified atom stereocenters. The molecule has 0 rings (SSSR count). The third-order valence-corrected chi connectivity index (χ3v) is 2.31. The second kappa shape index (κ2) is 12.3. The standard InChI is InChI=1S/C13H24O/c1-2-3-4-5-6-7-8-9-10-11-12-13-14/h10-14H,2-9H2,1H3/b11-10+,13-12?. The number of rotatable bonds is 9. The molecular weight excluding hydrogens is 172 g/mol. The number of aliphatic hydroxyl groups excluding tert-OH is 1. The van der Waals surface area contributed by atoms with Crippen molar-refractivity contribution < 1.29 is 5.11 Å². The van der Waals surface area contributed by atoms with Crippen LogP contribution in [0.2, 0.25) is 0 Å². The minimum atomic E-state index is 1.07. The molecule has 0 aliphatic carbocycles. The molecule has 0 atom stereocenters. The Morgan fingerprint density at radius 1 is 0.857 bits per heavy atom. The van der Waals surface area contributed by atoms with E-state index in [0.717, 1.165) is 12.7 Å². The molecular formula is C13H24O. The van der Waals surface area contributed by atoms with Gasteiger partial charge in [0, 0.05) is 0 Å². The molecule has 0 aromatic carbocycles. The fraction of sp³-hybridized carbons (Fsp3) is 0.692. The quantitative estimate of drug-likeness (QED) is 0.320. The van der Waals surface area contributed by atoms with E-state index < -0.39 is 0 Å². The molecule has 0 heterocycles. The third-order valence-electron chi connectivity index (χ3n) is 2.31. The summed E-state index contributed by atoms with van der Waals surface area (Å²) in [6.07, 6.45) is 17.4. The monoisotopic (exact) mass is 196 g/mol. The van der Waals surface area contributed by atoms with Gasteiger partial charge >= 0.3 is 0 Å². The Morgan fingerprint density at radius 3 is 2.14 bits per heavy atom. The van der Waals surface area contributed by atoms with Gasteiger partial charge in [-0.05, 0) is 18.9 Å². The molecule has 14 heavy (non-hydrogen) atoms. The lowest BCUT2D eigenvalue weighted by Crippen LogP contribution is -1.78. The first-order valence-electron chi connectivity index (χ1n) is 5.87. The average molecular weight is 196 g/mol. The Bertz CT molecular complexity index is 147. The van der Waals surface area contributed by atoms with Crippen molar-refractivity contribution in [3.05, 3.63) is 24.5 Å². The predicted molar refractivity (Wildman–Crippen MR) is 63.5 cm³/mol. The Hall–Kier alpha value is -0.720. The maximum absolute atomic E-state index is 8.36. The van der Waals surface area contributed by atoms with E-state index in [4.69, 9.17) is 5.11 Å². The summed E-state index contributed by atoms with van der Waals surface area (Å²) >= 11 is 0. The number of hydrogen-bond acceptors (Lipinski definition) is 1. The Balaban J connectivity index is 2.98. The van der Waals surface area contributed by atoms with Crippen LogP contribution in [0.4, 0.5) is 0 Å². The van der Waals surface area contributed by atoms with Crippen LogP contribution in [0, 0.1) is 0 Å². The van der Waals surface area contributed by atoms with E-state index in [1.807, 2.05) is 6.08 Å². The van der Waals surface area contributed by atoms with Crippen LogP contribution in [-0.2, 0) is 0 Å². The van der Waals surface area contributed by atoms with Crippen LogP contribution >= 0.6 is 0 Å². The highest BCUT2D eigenvalue weighted by atomic mass is 16.2. The highest BCUT2D eigenvalue weighted by Gasteiger charge is 1.88. The molecule has 0 saturated carbocycles. The zero-order valence-corrected chi connectivity index (χ0v) is 9.41. The van der Waals surface area contributed by atoms with Crippen LogP contribution in [0.15, 0.2) is 24.5 Å². The van der Waals surface area contributed by atoms with Crippen molar-refractivity contribution in [2.75, 3.05) is 0 Å². The molecule has 0 aromatic heterocycles. The lowest BCUT2D eigenvalue weighted by atomic mass is 10.1. The minimum absolute atomic E-state index is 1.07. The fourth-order valence-corrected chi connectivity index (χ4v) is 1.44. The van der Waals surface area contributed by atoms with E-state index in [1.54, 1.807) is 6.08 Å². The maximum Gasteiger partial charge on any atom is 0.0791 e. The van der Waals surface area contributed by atoms with Gasteiger partial charge in [0.2, 0.25) is 0 Å². The Labute approximate surface area is 88.5 Å². The molecule has 82 valence electrons. The van der Waals surface area contributed by atoms with Crippen LogP contribution in [0.25, 0.3) is 0 Å². The molecule has 0 aliphatic rings. The van der Waals surface area contributed by atoms with E-state index in [0.29, 0.717) is 0 Å². The van der Waals surface area contributed by atoms with Gasteiger partial charge in [0.15, 0.2) is 0 Å². The van der Waals surface area contributed by atoms with E-state index in [-0.39, 0.29) is 0 Å². The molecule has 0 saturated heterocycles. The molecule has 0 aliphatic heterocycles. The zero-order chi connectivity index (χ0) is 10.5. The molecule has 0 radical (unpaired) electrons. The summed E-state index contributed by atoms with van der Waals surface area (Å²) in [6, 6.07) is 0. The van der Waals surface area contributed by atoms with E-state index in [9.17, 15) is 0 Å². The largest absolute Gasteiger partial charge is 0.516 e. The number of hydrogen-bond donors (Lipinski definition) is 1. The molecule has 0 bridgehead atoms. The number of allylic oxidation sites excluding steroid dienone is 3. The lowest BCUT2D eigenvalue weighted by molar-refractivity contribution is 0.473. The molecule has 0 aromatic rings. The highest BCUT2D eigenvalue weighted by molar-refractivity contribution is 4.98. The molecule has 0 spiro atoms. The normalized spacial score (nSPS) is 11.8. The van der Waals surface area contributed by atoms with Crippen molar-refractivity contribution in [1.82, 2.24) is 0 Å². The van der Waals surface area contributed by atoms with Gasteiger partial charge in [0.25, 0.3) is 0 Å². The van der Waals surface area contributed by atoms with Gasteiger partial charge < -0.3 is 5.11 Å².